The molecule has 3 heterocycles. The number of nitrogens with zero attached hydrogens (tertiary/aromatic N) is 2. The number of hydrogen-bond donors (Lipinski definition) is 1. The molecule has 8 heteroatoms. The molecule has 0 atom stereocenters. The second kappa shape index (κ2) is 7.67. The van der Waals surface area contributed by atoms with E-state index in [1.807, 2.05) is 6.07 Å². The van der Waals surface area contributed by atoms with E-state index in [9.17, 15) is 13.2 Å². The molecule has 0 spiro atoms. The summed E-state index contributed by atoms with van der Waals surface area (Å²) in [5.41, 5.74) is 1.11. The van der Waals surface area contributed by atoms with Crippen LogP contribution in [-0.4, -0.2) is 40.9 Å². The number of hydrogen-bond acceptors (Lipinski definition) is 4. The molecule has 0 amide bonds. The van der Waals surface area contributed by atoms with Gasteiger partial charge in [0.25, 0.3) is 0 Å². The highest BCUT2D eigenvalue weighted by Crippen LogP contribution is 2.31. The fourth-order valence-electron chi connectivity index (χ4n) is 3.98. The number of sulfone groups is 1. The highest BCUT2D eigenvalue weighted by Gasteiger charge is 2.27. The third-order valence-corrected chi connectivity index (χ3v) is 7.35. The topological polar surface area (TPSA) is 97.6 Å². The van der Waals surface area contributed by atoms with Crippen LogP contribution in [0.1, 0.15) is 39.4 Å². The zero-order valence-electron chi connectivity index (χ0n) is 17.6. The molecule has 0 saturated carbocycles. The molecule has 1 aliphatic heterocycles. The summed E-state index contributed by atoms with van der Waals surface area (Å²) in [4.78, 5) is 18.8. The summed E-state index contributed by atoms with van der Waals surface area (Å²) in [6.45, 7) is 9.05. The minimum Gasteiger partial charge on any atom is -0.434 e. The predicted molar refractivity (Wildman–Crippen MR) is 116 cm³/mol. The fraction of sp³-hybridized carbons (Fsp3) is 0.455. The minimum atomic E-state index is -3.75. The van der Waals surface area contributed by atoms with E-state index >= 15 is 0 Å². The molecule has 0 unspecified atom stereocenters. The zero-order valence-corrected chi connectivity index (χ0v) is 18.4. The van der Waals surface area contributed by atoms with E-state index in [1.165, 1.54) is 18.3 Å². The van der Waals surface area contributed by atoms with Crippen molar-refractivity contribution < 1.29 is 13.2 Å². The molecule has 0 bridgehead atoms. The maximum absolute atomic E-state index is 13.0. The monoisotopic (exact) mass is 430 g/mol. The number of nitrogens with one attached hydrogen (secondary N) is 1. The maximum Gasteiger partial charge on any atom is 0.247 e. The molecule has 30 heavy (non-hydrogen) atoms. The van der Waals surface area contributed by atoms with Gasteiger partial charge >= 0.3 is 0 Å². The first-order chi connectivity index (χ1) is 14.2. The lowest BCUT2D eigenvalue weighted by Gasteiger charge is -2.25. The Balaban J connectivity index is 1.79. The van der Waals surface area contributed by atoms with Crippen LogP contribution in [0.4, 0.5) is 0 Å². The van der Waals surface area contributed by atoms with Gasteiger partial charge in [0.15, 0.2) is 0 Å². The molecule has 160 valence electrons. The second-order valence-electron chi connectivity index (χ2n) is 8.95. The average molecular weight is 431 g/mol. The number of rotatable bonds is 4. The number of pyridine rings is 1. The Kier molecular flexibility index (Phi) is 5.32. The van der Waals surface area contributed by atoms with E-state index in [-0.39, 0.29) is 20.8 Å². The van der Waals surface area contributed by atoms with Crippen LogP contribution in [0.2, 0.25) is 0 Å². The van der Waals surface area contributed by atoms with Crippen molar-refractivity contribution in [2.75, 3.05) is 13.2 Å². The van der Waals surface area contributed by atoms with Crippen LogP contribution in [0.15, 0.2) is 51.1 Å². The zero-order chi connectivity index (χ0) is 21.5. The number of benzene rings is 1. The molecular weight excluding hydrogens is 402 g/mol. The lowest BCUT2D eigenvalue weighted by Crippen LogP contribution is -2.26. The molecule has 2 aromatic heterocycles. The smallest absolute Gasteiger partial charge is 0.247 e. The second-order valence-corrected chi connectivity index (χ2v) is 10.9. The Morgan fingerprint density at radius 1 is 1.13 bits per heavy atom. The normalized spacial score (nSPS) is 16.2. The Hall–Kier alpha value is -2.45. The lowest BCUT2D eigenvalue weighted by atomic mass is 9.94. The van der Waals surface area contributed by atoms with Crippen LogP contribution < -0.4 is 5.56 Å². The Labute approximate surface area is 176 Å². The molecule has 1 fully saturated rings. The Morgan fingerprint density at radius 2 is 1.83 bits per heavy atom. The number of aliphatic hydroxyl groups is 2. The van der Waals surface area contributed by atoms with Crippen LogP contribution >= 0.6 is 0 Å². The quantitative estimate of drug-likeness (QED) is 0.644. The van der Waals surface area contributed by atoms with E-state index in [1.54, 1.807) is 12.1 Å². The van der Waals surface area contributed by atoms with Gasteiger partial charge < -0.3 is 14.3 Å². The van der Waals surface area contributed by atoms with Crippen molar-refractivity contribution in [1.82, 2.24) is 14.5 Å². The molecule has 7 nitrogen and oxygen atoms in total. The number of aromatic amines is 1. The van der Waals surface area contributed by atoms with E-state index < -0.39 is 9.84 Å². The molecule has 4 rings (SSSR count). The molecule has 1 aromatic carbocycles. The van der Waals surface area contributed by atoms with Crippen molar-refractivity contribution in [3.63, 3.8) is 0 Å². The SMILES string of the molecule is CC(C)(C)c1nc2cc(S(=O)(=O)c3ccc(=O)[nH]c3)ccc2n1CC1CC[OH+]CC1. The van der Waals surface area contributed by atoms with Crippen molar-refractivity contribution in [2.24, 2.45) is 5.92 Å². The number of aromatic nitrogens is 3. The summed E-state index contributed by atoms with van der Waals surface area (Å²) >= 11 is 0. The van der Waals surface area contributed by atoms with Crippen molar-refractivity contribution in [2.45, 2.75) is 55.4 Å². The fourth-order valence-corrected chi connectivity index (χ4v) is 5.23. The highest BCUT2D eigenvalue weighted by molar-refractivity contribution is 7.91. The molecule has 2 N–H and O–H groups in total. The van der Waals surface area contributed by atoms with Gasteiger partial charge in [-0.1, -0.05) is 20.8 Å². The van der Waals surface area contributed by atoms with Crippen LogP contribution in [0.25, 0.3) is 11.0 Å². The van der Waals surface area contributed by atoms with Gasteiger partial charge in [0, 0.05) is 37.1 Å². The summed E-state index contributed by atoms with van der Waals surface area (Å²) in [5.74, 6) is 1.50. The summed E-state index contributed by atoms with van der Waals surface area (Å²) in [5, 5.41) is 0. The third kappa shape index (κ3) is 3.94. The van der Waals surface area contributed by atoms with E-state index in [0.717, 1.165) is 43.9 Å². The standard InChI is InChI=1S/C22H27N3O4S/c1-22(2,3)21-24-18-12-16(30(27,28)17-5-7-20(26)23-13-17)4-6-19(18)25(21)14-15-8-10-29-11-9-15/h4-7,12-13,15H,8-11,14H2,1-3H3,(H,23,26)/p+1. The molecule has 0 aliphatic carbocycles. The number of fused-ring (bicyclic) bond motifs is 1. The van der Waals surface area contributed by atoms with Crippen LogP contribution in [0, 0.1) is 5.92 Å². The first kappa shape index (κ1) is 20.8. The van der Waals surface area contributed by atoms with Crippen LogP contribution in [0.3, 0.4) is 0 Å². The Morgan fingerprint density at radius 3 is 2.47 bits per heavy atom. The largest absolute Gasteiger partial charge is 0.434 e. The van der Waals surface area contributed by atoms with Gasteiger partial charge in [-0.2, -0.15) is 0 Å². The Bertz CT molecular complexity index is 1210. The number of imidazole rings is 1. The first-order valence-electron chi connectivity index (χ1n) is 10.2. The van der Waals surface area contributed by atoms with Gasteiger partial charge in [0.2, 0.25) is 15.4 Å². The summed E-state index contributed by atoms with van der Waals surface area (Å²) in [6.07, 6.45) is 3.37. The highest BCUT2D eigenvalue weighted by atomic mass is 32.2. The van der Waals surface area contributed by atoms with Crippen molar-refractivity contribution in [1.29, 1.82) is 0 Å². The van der Waals surface area contributed by atoms with Crippen molar-refractivity contribution in [3.05, 3.63) is 52.7 Å². The van der Waals surface area contributed by atoms with Crippen LogP contribution in [-0.2, 0) is 21.8 Å². The number of ether oxygens (including phenoxy) is 1. The van der Waals surface area contributed by atoms with Gasteiger partial charge in [-0.15, -0.1) is 0 Å². The molecule has 0 radical (unpaired) electrons. The molecule has 1 saturated heterocycles. The lowest BCUT2D eigenvalue weighted by molar-refractivity contribution is -0.0810. The van der Waals surface area contributed by atoms with Gasteiger partial charge in [0.05, 0.1) is 20.8 Å². The molecule has 3 aromatic rings. The van der Waals surface area contributed by atoms with Crippen molar-refractivity contribution >= 4 is 20.9 Å². The summed E-state index contributed by atoms with van der Waals surface area (Å²) in [7, 11) is -3.75. The maximum atomic E-state index is 13.0. The van der Waals surface area contributed by atoms with E-state index in [0.29, 0.717) is 11.4 Å². The predicted octanol–water partition coefficient (Wildman–Crippen LogP) is 2.79. The molecular formula is C22H28N3O4S+. The van der Waals surface area contributed by atoms with Gasteiger partial charge in [-0.25, -0.2) is 13.4 Å². The van der Waals surface area contributed by atoms with Gasteiger partial charge in [-0.05, 0) is 30.2 Å². The number of H-pyrrole nitrogens is 1. The minimum absolute atomic E-state index is 0.0582. The van der Waals surface area contributed by atoms with Crippen molar-refractivity contribution in [3.8, 4) is 0 Å². The summed E-state index contributed by atoms with van der Waals surface area (Å²) < 4.78 is 32.8. The molecule has 1 aliphatic rings. The van der Waals surface area contributed by atoms with Gasteiger partial charge in [-0.3, -0.25) is 4.79 Å². The van der Waals surface area contributed by atoms with Crippen LogP contribution in [0.5, 0.6) is 0 Å². The van der Waals surface area contributed by atoms with E-state index in [2.05, 4.69) is 35.1 Å². The summed E-state index contributed by atoms with van der Waals surface area (Å²) in [6, 6.07) is 7.66. The third-order valence-electron chi connectivity index (χ3n) is 5.60. The average Bonchev–Trinajstić information content (AvgIpc) is 3.07. The first-order valence-corrected chi connectivity index (χ1v) is 11.7. The van der Waals surface area contributed by atoms with E-state index in [4.69, 9.17) is 4.98 Å². The van der Waals surface area contributed by atoms with Gasteiger partial charge in [0.1, 0.15) is 19.0 Å².